The molecule has 0 fully saturated rings. The van der Waals surface area contributed by atoms with Crippen molar-refractivity contribution in [3.8, 4) is 11.1 Å². The molecular weight excluding hydrogens is 380 g/mol. The number of sulfonamides is 1. The third kappa shape index (κ3) is 3.80. The molecule has 150 valence electrons. The topological polar surface area (TPSA) is 58.2 Å². The highest BCUT2D eigenvalue weighted by Gasteiger charge is 2.29. The van der Waals surface area contributed by atoms with E-state index in [-0.39, 0.29) is 6.04 Å². The van der Waals surface area contributed by atoms with Gasteiger partial charge in [-0.2, -0.15) is 0 Å². The van der Waals surface area contributed by atoms with E-state index in [0.717, 1.165) is 5.56 Å². The molecule has 0 aliphatic heterocycles. The fraction of sp³-hybridized carbons (Fsp3) is 0.250. The average Bonchev–Trinajstić information content (AvgIpc) is 3.00. The Balaban J connectivity index is 1.49. The zero-order valence-electron chi connectivity index (χ0n) is 16.9. The number of benzene rings is 3. The predicted octanol–water partition coefficient (Wildman–Crippen LogP) is 5.09. The molecular formula is C24H26N2O2S. The minimum Gasteiger partial charge on any atom is -0.302 e. The Hall–Kier alpha value is -2.63. The van der Waals surface area contributed by atoms with Crippen molar-refractivity contribution in [2.75, 3.05) is 4.72 Å². The number of hydrogen-bond acceptors (Lipinski definition) is 3. The predicted molar refractivity (Wildman–Crippen MR) is 119 cm³/mol. The van der Waals surface area contributed by atoms with Crippen LogP contribution in [0, 0.1) is 0 Å². The molecule has 0 unspecified atom stereocenters. The maximum absolute atomic E-state index is 12.3. The lowest BCUT2D eigenvalue weighted by molar-refractivity contribution is 0.566. The van der Waals surface area contributed by atoms with Crippen molar-refractivity contribution in [1.29, 1.82) is 0 Å². The lowest BCUT2D eigenvalue weighted by atomic mass is 10.0. The molecule has 0 saturated carbocycles. The van der Waals surface area contributed by atoms with Crippen LogP contribution in [0.4, 0.5) is 5.69 Å². The van der Waals surface area contributed by atoms with Crippen LogP contribution in [0.15, 0.2) is 72.8 Å². The van der Waals surface area contributed by atoms with Gasteiger partial charge in [-0.1, -0.05) is 60.7 Å². The molecule has 0 saturated heterocycles. The summed E-state index contributed by atoms with van der Waals surface area (Å²) in [4.78, 5) is 0. The van der Waals surface area contributed by atoms with Crippen LogP contribution in [0.2, 0.25) is 0 Å². The normalized spacial score (nSPS) is 13.8. The van der Waals surface area contributed by atoms with E-state index in [1.807, 2.05) is 24.3 Å². The molecule has 0 amide bonds. The van der Waals surface area contributed by atoms with Crippen molar-refractivity contribution in [1.82, 2.24) is 5.32 Å². The number of fused-ring (bicyclic) bond motifs is 3. The maximum Gasteiger partial charge on any atom is 0.237 e. The Kier molecular flexibility index (Phi) is 4.97. The van der Waals surface area contributed by atoms with Gasteiger partial charge < -0.3 is 5.32 Å². The molecule has 0 radical (unpaired) electrons. The molecule has 3 aromatic rings. The van der Waals surface area contributed by atoms with E-state index in [9.17, 15) is 8.42 Å². The minimum atomic E-state index is -3.42. The minimum absolute atomic E-state index is 0.154. The van der Waals surface area contributed by atoms with E-state index in [0.29, 0.717) is 12.2 Å². The third-order valence-electron chi connectivity index (χ3n) is 5.36. The second-order valence-corrected chi connectivity index (χ2v) is 10.8. The second kappa shape index (κ2) is 7.32. The Morgan fingerprint density at radius 2 is 1.31 bits per heavy atom. The van der Waals surface area contributed by atoms with E-state index in [1.165, 1.54) is 22.3 Å². The van der Waals surface area contributed by atoms with E-state index in [2.05, 4.69) is 58.6 Å². The van der Waals surface area contributed by atoms with Crippen molar-refractivity contribution in [2.24, 2.45) is 0 Å². The molecule has 2 N–H and O–H groups in total. The second-order valence-electron chi connectivity index (χ2n) is 8.40. The van der Waals surface area contributed by atoms with Crippen molar-refractivity contribution in [3.63, 3.8) is 0 Å². The van der Waals surface area contributed by atoms with Gasteiger partial charge in [-0.05, 0) is 60.7 Å². The summed E-state index contributed by atoms with van der Waals surface area (Å²) in [6.07, 6.45) is 0. The first-order valence-corrected chi connectivity index (χ1v) is 11.3. The number of rotatable bonds is 5. The quantitative estimate of drug-likeness (QED) is 0.621. The molecule has 4 nitrogen and oxygen atoms in total. The molecule has 1 aliphatic rings. The molecule has 3 aromatic carbocycles. The Morgan fingerprint density at radius 3 is 1.83 bits per heavy atom. The highest BCUT2D eigenvalue weighted by molar-refractivity contribution is 7.94. The van der Waals surface area contributed by atoms with E-state index in [4.69, 9.17) is 0 Å². The highest BCUT2D eigenvalue weighted by atomic mass is 32.2. The fourth-order valence-corrected chi connectivity index (χ4v) is 4.35. The third-order valence-corrected chi connectivity index (χ3v) is 7.47. The van der Waals surface area contributed by atoms with Crippen LogP contribution in [0.3, 0.4) is 0 Å². The zero-order valence-corrected chi connectivity index (χ0v) is 17.8. The molecule has 0 atom stereocenters. The van der Waals surface area contributed by atoms with Gasteiger partial charge in [0, 0.05) is 12.2 Å². The average molecular weight is 407 g/mol. The molecule has 4 rings (SSSR count). The van der Waals surface area contributed by atoms with Gasteiger partial charge in [0.1, 0.15) is 0 Å². The summed E-state index contributed by atoms with van der Waals surface area (Å²) < 4.78 is 26.4. The van der Waals surface area contributed by atoms with Crippen LogP contribution >= 0.6 is 0 Å². The molecule has 0 spiro atoms. The number of hydrogen-bond donors (Lipinski definition) is 2. The molecule has 0 bridgehead atoms. The van der Waals surface area contributed by atoms with Gasteiger partial charge in [0.2, 0.25) is 10.0 Å². The highest BCUT2D eigenvalue weighted by Crippen LogP contribution is 2.43. The molecule has 0 heterocycles. The first-order chi connectivity index (χ1) is 13.8. The Morgan fingerprint density at radius 1 is 0.793 bits per heavy atom. The van der Waals surface area contributed by atoms with Gasteiger partial charge in [0.15, 0.2) is 0 Å². The Bertz CT molecular complexity index is 1080. The van der Waals surface area contributed by atoms with Gasteiger partial charge in [0.05, 0.1) is 10.8 Å². The largest absolute Gasteiger partial charge is 0.302 e. The summed E-state index contributed by atoms with van der Waals surface area (Å²) in [5.74, 6) is 0. The standard InChI is InChI=1S/C24H26N2O2S/c1-24(2,3)29(27,28)26-18-14-12-17(13-15-18)16-25-23-21-10-6-4-8-19(21)20-9-5-7-11-22(20)23/h4-15,23,25-26H,16H2,1-3H3. The van der Waals surface area contributed by atoms with Crippen LogP contribution in [0.1, 0.15) is 43.5 Å². The first kappa shape index (κ1) is 19.7. The fourth-order valence-electron chi connectivity index (χ4n) is 3.59. The van der Waals surface area contributed by atoms with Gasteiger partial charge >= 0.3 is 0 Å². The number of nitrogens with one attached hydrogen (secondary N) is 2. The smallest absolute Gasteiger partial charge is 0.237 e. The molecule has 1 aliphatic carbocycles. The first-order valence-electron chi connectivity index (χ1n) is 9.79. The molecule has 0 aromatic heterocycles. The van der Waals surface area contributed by atoms with Crippen molar-refractivity contribution in [3.05, 3.63) is 89.5 Å². The van der Waals surface area contributed by atoms with Gasteiger partial charge in [-0.25, -0.2) is 8.42 Å². The lowest BCUT2D eigenvalue weighted by Crippen LogP contribution is -2.33. The van der Waals surface area contributed by atoms with Crippen LogP contribution in [0.25, 0.3) is 11.1 Å². The monoisotopic (exact) mass is 406 g/mol. The van der Waals surface area contributed by atoms with E-state index in [1.54, 1.807) is 20.8 Å². The van der Waals surface area contributed by atoms with E-state index < -0.39 is 14.8 Å². The van der Waals surface area contributed by atoms with Crippen LogP contribution in [0.5, 0.6) is 0 Å². The molecule has 5 heteroatoms. The van der Waals surface area contributed by atoms with E-state index >= 15 is 0 Å². The van der Waals surface area contributed by atoms with Crippen LogP contribution in [-0.4, -0.2) is 13.2 Å². The molecule has 29 heavy (non-hydrogen) atoms. The summed E-state index contributed by atoms with van der Waals surface area (Å²) in [5, 5.41) is 3.66. The maximum atomic E-state index is 12.3. The summed E-state index contributed by atoms with van der Waals surface area (Å²) >= 11 is 0. The van der Waals surface area contributed by atoms with Crippen molar-refractivity contribution >= 4 is 15.7 Å². The SMILES string of the molecule is CC(C)(C)S(=O)(=O)Nc1ccc(CNC2c3ccccc3-c3ccccc32)cc1. The summed E-state index contributed by atoms with van der Waals surface area (Å²) in [6.45, 7) is 5.75. The lowest BCUT2D eigenvalue weighted by Gasteiger charge is -2.20. The van der Waals surface area contributed by atoms with Crippen LogP contribution in [-0.2, 0) is 16.6 Å². The summed E-state index contributed by atoms with van der Waals surface area (Å²) in [6, 6.07) is 24.7. The van der Waals surface area contributed by atoms with Crippen LogP contribution < -0.4 is 10.0 Å². The number of anilines is 1. The van der Waals surface area contributed by atoms with Crippen molar-refractivity contribution in [2.45, 2.75) is 38.1 Å². The summed E-state index contributed by atoms with van der Waals surface area (Å²) in [7, 11) is -3.42. The van der Waals surface area contributed by atoms with Gasteiger partial charge in [0.25, 0.3) is 0 Å². The summed E-state index contributed by atoms with van der Waals surface area (Å²) in [5.41, 5.74) is 6.84. The van der Waals surface area contributed by atoms with Gasteiger partial charge in [-0.15, -0.1) is 0 Å². The van der Waals surface area contributed by atoms with Crippen molar-refractivity contribution < 1.29 is 8.42 Å². The Labute approximate surface area is 173 Å². The zero-order chi connectivity index (χ0) is 20.6. The van der Waals surface area contributed by atoms with Gasteiger partial charge in [-0.3, -0.25) is 4.72 Å².